The van der Waals surface area contributed by atoms with E-state index in [0.29, 0.717) is 27.9 Å². The molecule has 0 saturated heterocycles. The first-order chi connectivity index (χ1) is 19.0. The number of benzene rings is 3. The van der Waals surface area contributed by atoms with E-state index in [0.717, 1.165) is 4.31 Å². The van der Waals surface area contributed by atoms with Gasteiger partial charge in [-0.25, -0.2) is 8.42 Å². The van der Waals surface area contributed by atoms with E-state index in [-0.39, 0.29) is 28.8 Å². The number of nitrogens with one attached hydrogen (secondary N) is 1. The summed E-state index contributed by atoms with van der Waals surface area (Å²) in [6.07, 6.45) is 0. The molecule has 0 aliphatic carbocycles. The van der Waals surface area contributed by atoms with E-state index in [1.807, 2.05) is 0 Å². The lowest BCUT2D eigenvalue weighted by molar-refractivity contribution is -0.139. The minimum absolute atomic E-state index is 0.0122. The highest BCUT2D eigenvalue weighted by atomic mass is 35.5. The summed E-state index contributed by atoms with van der Waals surface area (Å²) in [6.45, 7) is 3.09. The van der Waals surface area contributed by atoms with Crippen molar-refractivity contribution < 1.29 is 27.5 Å². The van der Waals surface area contributed by atoms with Crippen LogP contribution in [0.1, 0.15) is 19.4 Å². The number of anilines is 1. The number of hydrogen-bond acceptors (Lipinski definition) is 6. The number of methoxy groups -OCH3 is 2. The van der Waals surface area contributed by atoms with Crippen LogP contribution in [0, 0.1) is 0 Å². The first-order valence-corrected chi connectivity index (χ1v) is 14.5. The smallest absolute Gasteiger partial charge is 0.264 e. The monoisotopic (exact) mass is 607 g/mol. The van der Waals surface area contributed by atoms with Crippen LogP contribution in [0.25, 0.3) is 0 Å². The van der Waals surface area contributed by atoms with Gasteiger partial charge in [-0.15, -0.1) is 0 Å². The zero-order chi connectivity index (χ0) is 29.4. The molecule has 9 nitrogen and oxygen atoms in total. The molecule has 214 valence electrons. The highest BCUT2D eigenvalue weighted by Crippen LogP contribution is 2.33. The summed E-state index contributed by atoms with van der Waals surface area (Å²) in [5.74, 6) is -0.449. The van der Waals surface area contributed by atoms with Gasteiger partial charge in [0.25, 0.3) is 10.0 Å². The number of carbonyl (C=O) groups excluding carboxylic acids is 2. The molecule has 0 aliphatic heterocycles. The summed E-state index contributed by atoms with van der Waals surface area (Å²) < 4.78 is 39.5. The van der Waals surface area contributed by atoms with Gasteiger partial charge < -0.3 is 19.7 Å². The van der Waals surface area contributed by atoms with Gasteiger partial charge >= 0.3 is 0 Å². The van der Waals surface area contributed by atoms with Crippen molar-refractivity contribution in [1.82, 2.24) is 10.2 Å². The fraction of sp³-hybridized carbons (Fsp3) is 0.286. The minimum Gasteiger partial charge on any atom is -0.493 e. The van der Waals surface area contributed by atoms with Crippen molar-refractivity contribution in [2.45, 2.75) is 31.3 Å². The van der Waals surface area contributed by atoms with Crippen LogP contribution in [-0.2, 0) is 26.2 Å². The van der Waals surface area contributed by atoms with Crippen molar-refractivity contribution in [3.63, 3.8) is 0 Å². The fourth-order valence-electron chi connectivity index (χ4n) is 3.96. The zero-order valence-corrected chi connectivity index (χ0v) is 24.9. The van der Waals surface area contributed by atoms with Crippen molar-refractivity contribution >= 4 is 50.7 Å². The molecule has 0 bridgehead atoms. The zero-order valence-electron chi connectivity index (χ0n) is 22.6. The van der Waals surface area contributed by atoms with Crippen molar-refractivity contribution in [3.8, 4) is 11.5 Å². The van der Waals surface area contributed by atoms with Gasteiger partial charge in [-0.3, -0.25) is 13.9 Å². The summed E-state index contributed by atoms with van der Waals surface area (Å²) in [5.41, 5.74) is 0.811. The van der Waals surface area contributed by atoms with Crippen LogP contribution in [0.3, 0.4) is 0 Å². The molecular formula is C28H31Cl2N3O6S. The molecule has 0 spiro atoms. The Hall–Kier alpha value is -3.47. The Morgan fingerprint density at radius 3 is 2.20 bits per heavy atom. The third-order valence-electron chi connectivity index (χ3n) is 6.15. The summed E-state index contributed by atoms with van der Waals surface area (Å²) in [4.78, 5) is 27.9. The van der Waals surface area contributed by atoms with Crippen molar-refractivity contribution in [3.05, 3.63) is 82.3 Å². The van der Waals surface area contributed by atoms with E-state index >= 15 is 0 Å². The number of likely N-dealkylation sites (N-methyl/N-ethyl adjacent to an activating group) is 1. The van der Waals surface area contributed by atoms with Crippen molar-refractivity contribution in [2.24, 2.45) is 0 Å². The molecule has 0 aliphatic rings. The van der Waals surface area contributed by atoms with Gasteiger partial charge in [0.05, 0.1) is 24.8 Å². The van der Waals surface area contributed by atoms with Gasteiger partial charge in [0.2, 0.25) is 11.8 Å². The van der Waals surface area contributed by atoms with Gasteiger partial charge in [-0.2, -0.15) is 0 Å². The quantitative estimate of drug-likeness (QED) is 0.318. The third kappa shape index (κ3) is 7.18. The van der Waals surface area contributed by atoms with Crippen LogP contribution >= 0.6 is 23.2 Å². The molecule has 2 amide bonds. The number of amides is 2. The molecule has 12 heteroatoms. The Labute approximate surface area is 244 Å². The van der Waals surface area contributed by atoms with Gasteiger partial charge in [-0.1, -0.05) is 41.4 Å². The third-order valence-corrected chi connectivity index (χ3v) is 8.54. The molecule has 0 aromatic heterocycles. The fourth-order valence-corrected chi connectivity index (χ4v) is 5.71. The highest BCUT2D eigenvalue weighted by molar-refractivity contribution is 7.92. The average Bonchev–Trinajstić information content (AvgIpc) is 2.95. The molecule has 0 saturated carbocycles. The summed E-state index contributed by atoms with van der Waals surface area (Å²) >= 11 is 12.4. The number of sulfonamides is 1. The maximum atomic E-state index is 14.0. The van der Waals surface area contributed by atoms with Crippen molar-refractivity contribution in [2.75, 3.05) is 31.6 Å². The van der Waals surface area contributed by atoms with Crippen molar-refractivity contribution in [1.29, 1.82) is 0 Å². The molecule has 1 N–H and O–H groups in total. The van der Waals surface area contributed by atoms with E-state index in [4.69, 9.17) is 32.7 Å². The Bertz CT molecular complexity index is 1450. The highest BCUT2D eigenvalue weighted by Gasteiger charge is 2.33. The number of rotatable bonds is 12. The molecular weight excluding hydrogens is 577 g/mol. The van der Waals surface area contributed by atoms with E-state index in [2.05, 4.69) is 5.32 Å². The molecule has 0 heterocycles. The number of halogens is 2. The molecule has 1 atom stereocenters. The topological polar surface area (TPSA) is 105 Å². The van der Waals surface area contributed by atoms with Crippen LogP contribution in [-0.4, -0.2) is 58.5 Å². The van der Waals surface area contributed by atoms with Crippen LogP contribution in [0.5, 0.6) is 11.5 Å². The van der Waals surface area contributed by atoms with Crippen LogP contribution in [0.15, 0.2) is 71.6 Å². The first kappa shape index (κ1) is 31.1. The molecule has 3 aromatic carbocycles. The normalized spacial score (nSPS) is 11.8. The second kappa shape index (κ2) is 13.7. The van der Waals surface area contributed by atoms with Gasteiger partial charge in [-0.05, 0) is 61.9 Å². The standard InChI is InChI=1S/C28H31Cl2N3O6S/c1-5-31-28(35)19(2)32(17-20-8-6-7-9-24(20)30)27(34)18-33(22-12-10-21(29)11-13-22)40(36,37)23-14-15-25(38-3)26(16-23)39-4/h6-16,19H,5,17-18H2,1-4H3,(H,31,35)/t19-/m0/s1. The number of nitrogens with zero attached hydrogens (tertiary/aromatic N) is 2. The Morgan fingerprint density at radius 1 is 0.950 bits per heavy atom. The predicted octanol–water partition coefficient (Wildman–Crippen LogP) is 4.76. The maximum Gasteiger partial charge on any atom is 0.264 e. The molecule has 0 fully saturated rings. The number of ether oxygens (including phenoxy) is 2. The SMILES string of the molecule is CCNC(=O)[C@H](C)N(Cc1ccccc1Cl)C(=O)CN(c1ccc(Cl)cc1)S(=O)(=O)c1ccc(OC)c(OC)c1. The van der Waals surface area contributed by atoms with Crippen LogP contribution in [0.4, 0.5) is 5.69 Å². The van der Waals surface area contributed by atoms with E-state index in [9.17, 15) is 18.0 Å². The average molecular weight is 609 g/mol. The second-order valence-corrected chi connectivity index (χ2v) is 11.4. The number of hydrogen-bond donors (Lipinski definition) is 1. The molecule has 0 unspecified atom stereocenters. The largest absolute Gasteiger partial charge is 0.493 e. The Kier molecular flexibility index (Phi) is 10.7. The summed E-state index contributed by atoms with van der Waals surface area (Å²) in [5, 5.41) is 3.52. The maximum absolute atomic E-state index is 14.0. The lowest BCUT2D eigenvalue weighted by Gasteiger charge is -2.32. The predicted molar refractivity (Wildman–Crippen MR) is 156 cm³/mol. The Morgan fingerprint density at radius 2 is 1.60 bits per heavy atom. The number of carbonyl (C=O) groups is 2. The summed E-state index contributed by atoms with van der Waals surface area (Å²) in [6, 6.07) is 16.2. The molecule has 3 aromatic rings. The second-order valence-electron chi connectivity index (χ2n) is 8.69. The van der Waals surface area contributed by atoms with Crippen LogP contribution in [0.2, 0.25) is 10.0 Å². The molecule has 3 rings (SSSR count). The summed E-state index contributed by atoms with van der Waals surface area (Å²) in [7, 11) is -1.48. The molecule has 40 heavy (non-hydrogen) atoms. The lowest BCUT2D eigenvalue weighted by Crippen LogP contribution is -2.51. The van der Waals surface area contributed by atoms with Crippen LogP contribution < -0.4 is 19.1 Å². The van der Waals surface area contributed by atoms with Gasteiger partial charge in [0, 0.05) is 29.2 Å². The van der Waals surface area contributed by atoms with E-state index in [1.54, 1.807) is 38.1 Å². The minimum atomic E-state index is -4.31. The Balaban J connectivity index is 2.08. The van der Waals surface area contributed by atoms with Gasteiger partial charge in [0.1, 0.15) is 12.6 Å². The first-order valence-electron chi connectivity index (χ1n) is 12.3. The van der Waals surface area contributed by atoms with E-state index < -0.39 is 28.5 Å². The molecule has 0 radical (unpaired) electrons. The lowest BCUT2D eigenvalue weighted by atomic mass is 10.1. The van der Waals surface area contributed by atoms with Gasteiger partial charge in [0.15, 0.2) is 11.5 Å². The van der Waals surface area contributed by atoms with E-state index in [1.165, 1.54) is 61.6 Å².